The van der Waals surface area contributed by atoms with E-state index in [0.29, 0.717) is 13.1 Å². The van der Waals surface area contributed by atoms with E-state index in [4.69, 9.17) is 14.2 Å². The minimum atomic E-state index is -0.649. The van der Waals surface area contributed by atoms with E-state index in [0.717, 1.165) is 38.9 Å². The zero-order valence-electron chi connectivity index (χ0n) is 27.9. The number of hydrogen-bond donors (Lipinski definition) is 3. The molecule has 252 valence electrons. The summed E-state index contributed by atoms with van der Waals surface area (Å²) in [7, 11) is 2.02. The summed E-state index contributed by atoms with van der Waals surface area (Å²) in [6, 6.07) is 33.6. The maximum Gasteiger partial charge on any atom is 0.407 e. The number of aliphatic hydroxyl groups is 2. The van der Waals surface area contributed by atoms with Gasteiger partial charge in [0.1, 0.15) is 6.61 Å². The van der Waals surface area contributed by atoms with Gasteiger partial charge >= 0.3 is 6.09 Å². The number of benzene rings is 4. The summed E-state index contributed by atoms with van der Waals surface area (Å²) in [5.41, 5.74) is 6.55. The molecule has 5 rings (SSSR count). The van der Waals surface area contributed by atoms with Crippen molar-refractivity contribution in [1.29, 1.82) is 0 Å². The predicted molar refractivity (Wildman–Crippen MR) is 187 cm³/mol. The third-order valence-corrected chi connectivity index (χ3v) is 9.07. The van der Waals surface area contributed by atoms with E-state index in [1.54, 1.807) is 0 Å². The number of ether oxygens (including phenoxy) is 3. The van der Waals surface area contributed by atoms with Crippen LogP contribution in [0.4, 0.5) is 4.79 Å². The van der Waals surface area contributed by atoms with Crippen LogP contribution in [-0.2, 0) is 27.4 Å². The second-order valence-corrected chi connectivity index (χ2v) is 12.4. The Hall–Kier alpha value is -4.31. The Morgan fingerprint density at radius 1 is 0.938 bits per heavy atom. The average molecular weight is 651 g/mol. The molecule has 48 heavy (non-hydrogen) atoms. The summed E-state index contributed by atoms with van der Waals surface area (Å²) in [5, 5.41) is 23.5. The Balaban J connectivity index is 1.38. The molecule has 3 N–H and O–H groups in total. The molecule has 0 bridgehead atoms. The zero-order valence-corrected chi connectivity index (χ0v) is 27.9. The van der Waals surface area contributed by atoms with Crippen molar-refractivity contribution in [2.75, 3.05) is 20.2 Å². The fourth-order valence-electron chi connectivity index (χ4n) is 6.03. The first-order chi connectivity index (χ1) is 23.3. The summed E-state index contributed by atoms with van der Waals surface area (Å²) in [5.74, 6) is -0.00437. The first-order valence-corrected chi connectivity index (χ1v) is 16.4. The van der Waals surface area contributed by atoms with E-state index < -0.39 is 18.5 Å². The molecule has 6 atom stereocenters. The molecular formula is C40H46N2O6. The first-order valence-electron chi connectivity index (χ1n) is 16.4. The number of likely N-dealkylation sites (N-methyl/N-ethyl adjacent to an activating group) is 1. The van der Waals surface area contributed by atoms with Gasteiger partial charge in [0.2, 0.25) is 0 Å². The Morgan fingerprint density at radius 3 is 2.35 bits per heavy atom. The number of nitrogens with zero attached hydrogens (tertiary/aromatic N) is 1. The highest BCUT2D eigenvalue weighted by atomic mass is 16.7. The highest BCUT2D eigenvalue weighted by molar-refractivity contribution is 5.68. The van der Waals surface area contributed by atoms with Crippen molar-refractivity contribution in [3.63, 3.8) is 0 Å². The lowest BCUT2D eigenvalue weighted by Crippen LogP contribution is -2.46. The van der Waals surface area contributed by atoms with E-state index in [-0.39, 0.29) is 37.4 Å². The normalized spacial score (nSPS) is 20.5. The third kappa shape index (κ3) is 8.78. The summed E-state index contributed by atoms with van der Waals surface area (Å²) in [6.07, 6.45) is -0.720. The van der Waals surface area contributed by atoms with Gasteiger partial charge in [-0.3, -0.25) is 4.90 Å². The van der Waals surface area contributed by atoms with Crippen LogP contribution in [0.15, 0.2) is 116 Å². The molecular weight excluding hydrogens is 604 g/mol. The first kappa shape index (κ1) is 35.0. The standard InChI is InChI=1S/C40H46N2O6/c1-5-21-46-40(45)41-24-30-11-9-14-33(22-30)34-15-10-16-35(23-34)39-47-36(25-42(4)28(3)37(44)31-12-7-6-8-13-31)27(2)38(48-39)32-19-17-29(26-43)18-20-32/h5-20,22-23,27-28,36-39,43-44H,1,21,24-26H2,2-4H3,(H,41,45)/t27-,28+,36+,37+,38+,39+/m0/s1. The number of nitrogens with one attached hydrogen (secondary N) is 1. The van der Waals surface area contributed by atoms with Gasteiger partial charge in [0.15, 0.2) is 6.29 Å². The van der Waals surface area contributed by atoms with Crippen LogP contribution in [0.5, 0.6) is 0 Å². The minimum Gasteiger partial charge on any atom is -0.445 e. The highest BCUT2D eigenvalue weighted by Gasteiger charge is 2.39. The maximum atomic E-state index is 11.9. The van der Waals surface area contributed by atoms with Crippen molar-refractivity contribution in [2.24, 2.45) is 5.92 Å². The number of carbonyl (C=O) groups is 1. The van der Waals surface area contributed by atoms with Gasteiger partial charge in [-0.05, 0) is 59.5 Å². The second-order valence-electron chi connectivity index (χ2n) is 12.4. The van der Waals surface area contributed by atoms with Crippen molar-refractivity contribution in [3.05, 3.63) is 144 Å². The smallest absolute Gasteiger partial charge is 0.407 e. The van der Waals surface area contributed by atoms with E-state index in [1.165, 1.54) is 6.08 Å². The third-order valence-electron chi connectivity index (χ3n) is 9.07. The number of hydrogen-bond acceptors (Lipinski definition) is 7. The fourth-order valence-corrected chi connectivity index (χ4v) is 6.03. The molecule has 0 aromatic heterocycles. The molecule has 1 amide bonds. The van der Waals surface area contributed by atoms with E-state index in [1.807, 2.05) is 111 Å². The molecule has 1 aliphatic heterocycles. The molecule has 0 unspecified atom stereocenters. The summed E-state index contributed by atoms with van der Waals surface area (Å²) in [6.45, 7) is 8.78. The van der Waals surface area contributed by atoms with Gasteiger partial charge in [0.25, 0.3) is 0 Å². The van der Waals surface area contributed by atoms with Gasteiger partial charge < -0.3 is 29.7 Å². The molecule has 0 spiro atoms. The van der Waals surface area contributed by atoms with Crippen molar-refractivity contribution in [3.8, 4) is 11.1 Å². The van der Waals surface area contributed by atoms with Crippen molar-refractivity contribution < 1.29 is 29.2 Å². The Morgan fingerprint density at radius 2 is 1.65 bits per heavy atom. The van der Waals surface area contributed by atoms with Gasteiger partial charge in [0, 0.05) is 30.6 Å². The fraction of sp³-hybridized carbons (Fsp3) is 0.325. The lowest BCUT2D eigenvalue weighted by molar-refractivity contribution is -0.276. The van der Waals surface area contributed by atoms with Crippen LogP contribution in [-0.4, -0.2) is 53.6 Å². The van der Waals surface area contributed by atoms with Gasteiger partial charge in [-0.2, -0.15) is 0 Å². The molecule has 1 heterocycles. The average Bonchev–Trinajstić information content (AvgIpc) is 3.13. The number of rotatable bonds is 13. The molecule has 1 fully saturated rings. The lowest BCUT2D eigenvalue weighted by atomic mass is 9.89. The van der Waals surface area contributed by atoms with Crippen molar-refractivity contribution >= 4 is 6.09 Å². The second kappa shape index (κ2) is 16.7. The molecule has 4 aromatic carbocycles. The topological polar surface area (TPSA) is 100 Å². The molecule has 8 nitrogen and oxygen atoms in total. The number of amides is 1. The summed E-state index contributed by atoms with van der Waals surface area (Å²) < 4.78 is 18.5. The largest absolute Gasteiger partial charge is 0.445 e. The Kier molecular flexibility index (Phi) is 12.2. The summed E-state index contributed by atoms with van der Waals surface area (Å²) in [4.78, 5) is 14.1. The van der Waals surface area contributed by atoms with E-state index in [2.05, 4.69) is 29.8 Å². The molecule has 0 radical (unpaired) electrons. The Labute approximate surface area is 283 Å². The van der Waals surface area contributed by atoms with Crippen LogP contribution in [0, 0.1) is 5.92 Å². The van der Waals surface area contributed by atoms with Crippen molar-refractivity contribution in [2.45, 2.75) is 57.6 Å². The molecule has 4 aromatic rings. The molecule has 0 aliphatic carbocycles. The minimum absolute atomic E-state index is 0.00437. The Bertz CT molecular complexity index is 1630. The SMILES string of the molecule is C=CCOC(=O)NCc1cccc(-c2cccc([C@@H]3O[C@H](CN(C)[C@H](C)[C@@H](O)c4ccccc4)[C@H](C)[C@H](c4ccc(CO)cc4)O3)c2)c1. The number of carbonyl (C=O) groups excluding carboxylic acids is 1. The van der Waals surface area contributed by atoms with E-state index >= 15 is 0 Å². The zero-order chi connectivity index (χ0) is 34.0. The molecule has 8 heteroatoms. The van der Waals surface area contributed by atoms with Crippen LogP contribution in [0.2, 0.25) is 0 Å². The van der Waals surface area contributed by atoms with Gasteiger partial charge in [0.05, 0.1) is 24.9 Å². The monoisotopic (exact) mass is 650 g/mol. The van der Waals surface area contributed by atoms with Gasteiger partial charge in [-0.25, -0.2) is 4.79 Å². The van der Waals surface area contributed by atoms with Crippen LogP contribution in [0.3, 0.4) is 0 Å². The maximum absolute atomic E-state index is 11.9. The molecule has 1 saturated heterocycles. The van der Waals surface area contributed by atoms with Crippen LogP contribution < -0.4 is 5.32 Å². The van der Waals surface area contributed by atoms with Gasteiger partial charge in [-0.1, -0.05) is 111 Å². The summed E-state index contributed by atoms with van der Waals surface area (Å²) >= 11 is 0. The van der Waals surface area contributed by atoms with Gasteiger partial charge in [-0.15, -0.1) is 0 Å². The van der Waals surface area contributed by atoms with E-state index in [9.17, 15) is 15.0 Å². The predicted octanol–water partition coefficient (Wildman–Crippen LogP) is 7.10. The molecule has 0 saturated carbocycles. The van der Waals surface area contributed by atoms with Crippen LogP contribution in [0.25, 0.3) is 11.1 Å². The quantitative estimate of drug-likeness (QED) is 0.133. The molecule has 1 aliphatic rings. The number of aliphatic hydroxyl groups excluding tert-OH is 2. The lowest BCUT2D eigenvalue weighted by Gasteiger charge is -2.43. The number of alkyl carbamates (subject to hydrolysis) is 1. The van der Waals surface area contributed by atoms with Crippen molar-refractivity contribution in [1.82, 2.24) is 10.2 Å². The highest BCUT2D eigenvalue weighted by Crippen LogP contribution is 2.42. The van der Waals surface area contributed by atoms with Crippen LogP contribution >= 0.6 is 0 Å². The van der Waals surface area contributed by atoms with Crippen LogP contribution in [0.1, 0.15) is 60.2 Å².